The Morgan fingerprint density at radius 1 is 0.938 bits per heavy atom. The molecule has 0 aliphatic rings. The van der Waals surface area contributed by atoms with Crippen LogP contribution in [0.5, 0.6) is 0 Å². The Morgan fingerprint density at radius 3 is 2.81 bits per heavy atom. The van der Waals surface area contributed by atoms with Gasteiger partial charge in [0, 0.05) is 11.4 Å². The molecule has 0 radical (unpaired) electrons. The van der Waals surface area contributed by atoms with E-state index in [1.165, 1.54) is 20.7 Å². The van der Waals surface area contributed by atoms with Gasteiger partial charge in [-0.15, -0.1) is 22.7 Å². The van der Waals surface area contributed by atoms with Gasteiger partial charge in [-0.1, -0.05) is 18.2 Å². The standard InChI is InChI=1S/C13H11NS2/c1-3-10-6-8-16-13(10)12(5-1)14-9-11-4-2-7-15-11/h1-8,14H,9H2. The molecule has 80 valence electrons. The number of thiophene rings is 2. The van der Waals surface area contributed by atoms with Crippen LogP contribution in [0.15, 0.2) is 47.2 Å². The largest absolute Gasteiger partial charge is 0.379 e. The molecule has 16 heavy (non-hydrogen) atoms. The van der Waals surface area contributed by atoms with Gasteiger partial charge >= 0.3 is 0 Å². The maximum atomic E-state index is 3.50. The zero-order valence-electron chi connectivity index (χ0n) is 8.64. The normalized spacial score (nSPS) is 10.8. The summed E-state index contributed by atoms with van der Waals surface area (Å²) in [7, 11) is 0. The molecule has 0 bridgehead atoms. The zero-order valence-corrected chi connectivity index (χ0v) is 10.3. The van der Waals surface area contributed by atoms with Crippen LogP contribution in [0.4, 0.5) is 5.69 Å². The van der Waals surface area contributed by atoms with Gasteiger partial charge in [0.15, 0.2) is 0 Å². The molecule has 3 heteroatoms. The summed E-state index contributed by atoms with van der Waals surface area (Å²) < 4.78 is 1.35. The topological polar surface area (TPSA) is 12.0 Å². The van der Waals surface area contributed by atoms with E-state index in [0.29, 0.717) is 0 Å². The lowest BCUT2D eigenvalue weighted by Crippen LogP contribution is -1.96. The van der Waals surface area contributed by atoms with E-state index >= 15 is 0 Å². The van der Waals surface area contributed by atoms with Crippen LogP contribution < -0.4 is 5.32 Å². The van der Waals surface area contributed by atoms with Crippen molar-refractivity contribution in [1.29, 1.82) is 0 Å². The number of fused-ring (bicyclic) bond motifs is 1. The Balaban J connectivity index is 1.86. The number of hydrogen-bond donors (Lipinski definition) is 1. The van der Waals surface area contributed by atoms with Crippen molar-refractivity contribution < 1.29 is 0 Å². The van der Waals surface area contributed by atoms with Gasteiger partial charge in [0.25, 0.3) is 0 Å². The molecule has 0 aliphatic heterocycles. The zero-order chi connectivity index (χ0) is 10.8. The average Bonchev–Trinajstić information content (AvgIpc) is 2.97. The number of hydrogen-bond acceptors (Lipinski definition) is 3. The van der Waals surface area contributed by atoms with Gasteiger partial charge in [-0.2, -0.15) is 0 Å². The average molecular weight is 245 g/mol. The quantitative estimate of drug-likeness (QED) is 0.712. The van der Waals surface area contributed by atoms with Crippen LogP contribution in [-0.4, -0.2) is 0 Å². The first kappa shape index (κ1) is 9.87. The highest BCUT2D eigenvalue weighted by molar-refractivity contribution is 7.17. The Labute approximate surface area is 102 Å². The molecule has 3 rings (SSSR count). The Kier molecular flexibility index (Phi) is 2.64. The molecule has 3 aromatic rings. The minimum atomic E-state index is 0.911. The van der Waals surface area contributed by atoms with E-state index in [-0.39, 0.29) is 0 Å². The maximum Gasteiger partial charge on any atom is 0.0574 e. The van der Waals surface area contributed by atoms with Gasteiger partial charge in [0.1, 0.15) is 0 Å². The van der Waals surface area contributed by atoms with E-state index in [1.807, 2.05) is 0 Å². The van der Waals surface area contributed by atoms with E-state index in [0.717, 1.165) is 6.54 Å². The molecule has 0 unspecified atom stereocenters. The molecule has 0 aliphatic carbocycles. The molecule has 2 heterocycles. The first-order valence-corrected chi connectivity index (χ1v) is 6.92. The SMILES string of the molecule is c1csc(CNc2cccc3ccsc23)c1. The van der Waals surface area contributed by atoms with E-state index in [1.54, 1.807) is 22.7 Å². The monoisotopic (exact) mass is 245 g/mol. The Morgan fingerprint density at radius 2 is 1.94 bits per heavy atom. The summed E-state index contributed by atoms with van der Waals surface area (Å²) in [6.45, 7) is 0.911. The molecule has 1 nitrogen and oxygen atoms in total. The second-order valence-corrected chi connectivity index (χ2v) is 5.53. The molecule has 0 fully saturated rings. The minimum absolute atomic E-state index is 0.911. The highest BCUT2D eigenvalue weighted by Gasteiger charge is 2.01. The second kappa shape index (κ2) is 4.28. The summed E-state index contributed by atoms with van der Waals surface area (Å²) >= 11 is 3.58. The second-order valence-electron chi connectivity index (χ2n) is 3.58. The molecule has 0 saturated heterocycles. The summed E-state index contributed by atoms with van der Waals surface area (Å²) in [5.74, 6) is 0. The van der Waals surface area contributed by atoms with Crippen molar-refractivity contribution in [3.8, 4) is 0 Å². The fourth-order valence-electron chi connectivity index (χ4n) is 1.73. The lowest BCUT2D eigenvalue weighted by molar-refractivity contribution is 1.20. The molecular formula is C13H11NS2. The number of nitrogens with one attached hydrogen (secondary N) is 1. The molecule has 0 saturated carbocycles. The third-order valence-corrected chi connectivity index (χ3v) is 4.35. The fraction of sp³-hybridized carbons (Fsp3) is 0.0769. The highest BCUT2D eigenvalue weighted by Crippen LogP contribution is 2.29. The maximum absolute atomic E-state index is 3.50. The number of anilines is 1. The number of benzene rings is 1. The Bertz CT molecular complexity index is 581. The predicted octanol–water partition coefficient (Wildman–Crippen LogP) is 4.57. The first-order valence-electron chi connectivity index (χ1n) is 5.16. The molecular weight excluding hydrogens is 234 g/mol. The third-order valence-electron chi connectivity index (χ3n) is 2.51. The van der Waals surface area contributed by atoms with Crippen LogP contribution >= 0.6 is 22.7 Å². The minimum Gasteiger partial charge on any atom is -0.379 e. The van der Waals surface area contributed by atoms with Crippen LogP contribution in [0, 0.1) is 0 Å². The summed E-state index contributed by atoms with van der Waals surface area (Å²) in [4.78, 5) is 1.37. The van der Waals surface area contributed by atoms with Crippen LogP contribution in [0.1, 0.15) is 4.88 Å². The van der Waals surface area contributed by atoms with Crippen LogP contribution in [-0.2, 0) is 6.54 Å². The summed E-state index contributed by atoms with van der Waals surface area (Å²) in [5.41, 5.74) is 1.24. The molecule has 2 aromatic heterocycles. The first-order chi connectivity index (χ1) is 7.93. The lowest BCUT2D eigenvalue weighted by atomic mass is 10.2. The summed E-state index contributed by atoms with van der Waals surface area (Å²) in [6, 6.07) is 12.8. The van der Waals surface area contributed by atoms with Gasteiger partial charge in [0.2, 0.25) is 0 Å². The van der Waals surface area contributed by atoms with E-state index in [9.17, 15) is 0 Å². The third kappa shape index (κ3) is 1.84. The Hall–Kier alpha value is -1.32. The van der Waals surface area contributed by atoms with Crippen molar-refractivity contribution in [1.82, 2.24) is 0 Å². The van der Waals surface area contributed by atoms with Crippen LogP contribution in [0.3, 0.4) is 0 Å². The predicted molar refractivity (Wildman–Crippen MR) is 73.5 cm³/mol. The highest BCUT2D eigenvalue weighted by atomic mass is 32.1. The van der Waals surface area contributed by atoms with Crippen molar-refractivity contribution >= 4 is 38.4 Å². The summed E-state index contributed by atoms with van der Waals surface area (Å²) in [6.07, 6.45) is 0. The van der Waals surface area contributed by atoms with Gasteiger partial charge in [-0.3, -0.25) is 0 Å². The van der Waals surface area contributed by atoms with E-state index < -0.39 is 0 Å². The number of rotatable bonds is 3. The lowest BCUT2D eigenvalue weighted by Gasteiger charge is -2.05. The van der Waals surface area contributed by atoms with Crippen LogP contribution in [0.2, 0.25) is 0 Å². The van der Waals surface area contributed by atoms with Crippen molar-refractivity contribution in [2.24, 2.45) is 0 Å². The van der Waals surface area contributed by atoms with E-state index in [2.05, 4.69) is 52.5 Å². The molecule has 0 amide bonds. The summed E-state index contributed by atoms with van der Waals surface area (Å²) in [5, 5.41) is 9.07. The molecule has 1 aromatic carbocycles. The fourth-order valence-corrected chi connectivity index (χ4v) is 3.26. The molecule has 0 spiro atoms. The molecule has 0 atom stereocenters. The van der Waals surface area contributed by atoms with Crippen molar-refractivity contribution in [2.75, 3.05) is 5.32 Å². The van der Waals surface area contributed by atoms with E-state index in [4.69, 9.17) is 0 Å². The van der Waals surface area contributed by atoms with Crippen molar-refractivity contribution in [3.63, 3.8) is 0 Å². The van der Waals surface area contributed by atoms with Gasteiger partial charge < -0.3 is 5.32 Å². The van der Waals surface area contributed by atoms with Gasteiger partial charge in [-0.25, -0.2) is 0 Å². The smallest absolute Gasteiger partial charge is 0.0574 e. The van der Waals surface area contributed by atoms with Crippen molar-refractivity contribution in [2.45, 2.75) is 6.54 Å². The van der Waals surface area contributed by atoms with Crippen molar-refractivity contribution in [3.05, 3.63) is 52.0 Å². The van der Waals surface area contributed by atoms with Crippen LogP contribution in [0.25, 0.3) is 10.1 Å². The van der Waals surface area contributed by atoms with Gasteiger partial charge in [0.05, 0.1) is 10.4 Å². The van der Waals surface area contributed by atoms with Gasteiger partial charge in [-0.05, 0) is 34.3 Å². The molecule has 1 N–H and O–H groups in total.